The summed E-state index contributed by atoms with van der Waals surface area (Å²) in [4.78, 5) is 11.9. The molecule has 0 aromatic carbocycles. The molecule has 0 saturated heterocycles. The summed E-state index contributed by atoms with van der Waals surface area (Å²) in [5.74, 6) is 1.07. The molecule has 0 atom stereocenters. The van der Waals surface area contributed by atoms with Crippen LogP contribution in [-0.2, 0) is 6.42 Å². The predicted molar refractivity (Wildman–Crippen MR) is 77.4 cm³/mol. The van der Waals surface area contributed by atoms with Crippen molar-refractivity contribution in [2.24, 2.45) is 0 Å². The lowest BCUT2D eigenvalue weighted by Crippen LogP contribution is -2.22. The van der Waals surface area contributed by atoms with Gasteiger partial charge in [-0.3, -0.25) is 5.10 Å². The van der Waals surface area contributed by atoms with Crippen molar-refractivity contribution < 1.29 is 0 Å². The monoisotopic (exact) mass is 274 g/mol. The zero-order valence-electron chi connectivity index (χ0n) is 10.5. The predicted octanol–water partition coefficient (Wildman–Crippen LogP) is 1.68. The van der Waals surface area contributed by atoms with Crippen LogP contribution in [0.4, 0.5) is 11.8 Å². The van der Waals surface area contributed by atoms with Gasteiger partial charge in [-0.25, -0.2) is 0 Å². The largest absolute Gasteiger partial charge is 0.368 e. The maximum atomic E-state index is 5.72. The number of nitrogens with one attached hydrogen (secondary N) is 1. The zero-order chi connectivity index (χ0) is 13.2. The number of thiophene rings is 1. The summed E-state index contributed by atoms with van der Waals surface area (Å²) in [5, 5.41) is 9.79. The fourth-order valence-corrected chi connectivity index (χ4v) is 2.66. The van der Waals surface area contributed by atoms with Crippen molar-refractivity contribution in [3.63, 3.8) is 0 Å². The number of likely N-dealkylation sites (N-methyl/N-ethyl adjacent to an activating group) is 1. The molecule has 3 aromatic heterocycles. The van der Waals surface area contributed by atoms with Crippen LogP contribution in [0, 0.1) is 0 Å². The van der Waals surface area contributed by atoms with Crippen LogP contribution in [0.1, 0.15) is 4.88 Å². The Morgan fingerprint density at radius 3 is 3.11 bits per heavy atom. The van der Waals surface area contributed by atoms with E-state index in [0.717, 1.165) is 24.2 Å². The van der Waals surface area contributed by atoms with E-state index in [-0.39, 0.29) is 5.95 Å². The second-order valence-corrected chi connectivity index (χ2v) is 5.32. The van der Waals surface area contributed by atoms with Gasteiger partial charge in [0.15, 0.2) is 5.65 Å². The number of nitrogens with two attached hydrogens (primary N) is 1. The van der Waals surface area contributed by atoms with E-state index in [1.165, 1.54) is 4.88 Å². The second-order valence-electron chi connectivity index (χ2n) is 4.29. The van der Waals surface area contributed by atoms with Crippen molar-refractivity contribution in [1.82, 2.24) is 20.2 Å². The molecule has 0 spiro atoms. The molecule has 7 heteroatoms. The molecule has 0 fully saturated rings. The van der Waals surface area contributed by atoms with Crippen LogP contribution in [-0.4, -0.2) is 33.8 Å². The highest BCUT2D eigenvalue weighted by Crippen LogP contribution is 2.22. The number of aromatic amines is 1. The highest BCUT2D eigenvalue weighted by molar-refractivity contribution is 7.09. The number of hydrogen-bond acceptors (Lipinski definition) is 6. The minimum atomic E-state index is 0.259. The Morgan fingerprint density at radius 2 is 2.32 bits per heavy atom. The molecule has 3 aromatic rings. The molecule has 3 N–H and O–H groups in total. The lowest BCUT2D eigenvalue weighted by atomic mass is 10.3. The molecule has 0 saturated carbocycles. The van der Waals surface area contributed by atoms with E-state index < -0.39 is 0 Å². The Labute approximate surface area is 114 Å². The van der Waals surface area contributed by atoms with Crippen LogP contribution in [0.3, 0.4) is 0 Å². The molecule has 98 valence electrons. The van der Waals surface area contributed by atoms with Crippen molar-refractivity contribution >= 4 is 34.1 Å². The molecule has 0 bridgehead atoms. The van der Waals surface area contributed by atoms with Gasteiger partial charge in [-0.15, -0.1) is 11.3 Å². The lowest BCUT2D eigenvalue weighted by molar-refractivity contribution is 0.873. The van der Waals surface area contributed by atoms with Crippen LogP contribution in [0.15, 0.2) is 23.7 Å². The minimum Gasteiger partial charge on any atom is -0.368 e. The van der Waals surface area contributed by atoms with Crippen LogP contribution >= 0.6 is 11.3 Å². The van der Waals surface area contributed by atoms with E-state index >= 15 is 0 Å². The van der Waals surface area contributed by atoms with Gasteiger partial charge < -0.3 is 10.6 Å². The van der Waals surface area contributed by atoms with Crippen molar-refractivity contribution in [2.45, 2.75) is 6.42 Å². The van der Waals surface area contributed by atoms with Gasteiger partial charge in [-0.05, 0) is 17.9 Å². The fourth-order valence-electron chi connectivity index (χ4n) is 1.97. The SMILES string of the molecule is CN(CCc1cccs1)c1nc(N)nc2[nH]ncc12. The molecule has 3 heterocycles. The number of rotatable bonds is 4. The topological polar surface area (TPSA) is 83.7 Å². The van der Waals surface area contributed by atoms with E-state index in [4.69, 9.17) is 5.73 Å². The third-order valence-corrected chi connectivity index (χ3v) is 3.88. The maximum Gasteiger partial charge on any atom is 0.224 e. The van der Waals surface area contributed by atoms with E-state index in [1.807, 2.05) is 7.05 Å². The van der Waals surface area contributed by atoms with E-state index in [9.17, 15) is 0 Å². The summed E-state index contributed by atoms with van der Waals surface area (Å²) >= 11 is 1.77. The standard InChI is InChI=1S/C12H14N6S/c1-18(5-4-8-3-2-6-19-8)11-9-7-14-17-10(9)15-12(13)16-11/h2-3,6-7H,4-5H2,1H3,(H3,13,14,15,16,17). The minimum absolute atomic E-state index is 0.259. The van der Waals surface area contributed by atoms with Gasteiger partial charge in [-0.1, -0.05) is 6.07 Å². The first kappa shape index (κ1) is 11.9. The van der Waals surface area contributed by atoms with Crippen LogP contribution in [0.5, 0.6) is 0 Å². The molecule has 19 heavy (non-hydrogen) atoms. The number of H-pyrrole nitrogens is 1. The summed E-state index contributed by atoms with van der Waals surface area (Å²) < 4.78 is 0. The molecule has 3 rings (SSSR count). The normalized spacial score (nSPS) is 11.0. The molecular weight excluding hydrogens is 260 g/mol. The molecule has 0 aliphatic heterocycles. The van der Waals surface area contributed by atoms with Gasteiger partial charge >= 0.3 is 0 Å². The Kier molecular flexibility index (Phi) is 3.04. The first-order valence-electron chi connectivity index (χ1n) is 5.94. The number of nitrogens with zero attached hydrogens (tertiary/aromatic N) is 4. The lowest BCUT2D eigenvalue weighted by Gasteiger charge is -2.18. The maximum absolute atomic E-state index is 5.72. The van der Waals surface area contributed by atoms with E-state index in [2.05, 4.69) is 42.6 Å². The number of hydrogen-bond donors (Lipinski definition) is 2. The van der Waals surface area contributed by atoms with E-state index in [0.29, 0.717) is 5.65 Å². The average Bonchev–Trinajstić information content (AvgIpc) is 3.05. The number of nitrogen functional groups attached to an aromatic ring is 1. The summed E-state index contributed by atoms with van der Waals surface area (Å²) in [5.41, 5.74) is 6.39. The number of aromatic nitrogens is 4. The van der Waals surface area contributed by atoms with Crippen molar-refractivity contribution in [2.75, 3.05) is 24.2 Å². The second kappa shape index (κ2) is 4.85. The van der Waals surface area contributed by atoms with Crippen molar-refractivity contribution in [3.05, 3.63) is 28.6 Å². The molecule has 0 aliphatic carbocycles. The van der Waals surface area contributed by atoms with Gasteiger partial charge in [0.05, 0.1) is 11.6 Å². The van der Waals surface area contributed by atoms with Crippen molar-refractivity contribution in [1.29, 1.82) is 0 Å². The third-order valence-electron chi connectivity index (χ3n) is 2.94. The molecule has 6 nitrogen and oxygen atoms in total. The van der Waals surface area contributed by atoms with Gasteiger partial charge in [0.1, 0.15) is 5.82 Å². The number of fused-ring (bicyclic) bond motifs is 1. The zero-order valence-corrected chi connectivity index (χ0v) is 11.3. The molecule has 0 radical (unpaired) electrons. The summed E-state index contributed by atoms with van der Waals surface area (Å²) in [6.45, 7) is 0.872. The molecule has 0 amide bonds. The first-order valence-corrected chi connectivity index (χ1v) is 6.82. The highest BCUT2D eigenvalue weighted by Gasteiger charge is 2.12. The van der Waals surface area contributed by atoms with Gasteiger partial charge in [0, 0.05) is 18.5 Å². The van der Waals surface area contributed by atoms with Gasteiger partial charge in [0.2, 0.25) is 5.95 Å². The number of anilines is 2. The first-order chi connectivity index (χ1) is 9.24. The van der Waals surface area contributed by atoms with Crippen LogP contribution < -0.4 is 10.6 Å². The van der Waals surface area contributed by atoms with Gasteiger partial charge in [-0.2, -0.15) is 15.1 Å². The smallest absolute Gasteiger partial charge is 0.224 e. The summed E-state index contributed by atoms with van der Waals surface area (Å²) in [6.07, 6.45) is 2.71. The molecular formula is C12H14N6S. The fraction of sp³-hybridized carbons (Fsp3) is 0.250. The van der Waals surface area contributed by atoms with Gasteiger partial charge in [0.25, 0.3) is 0 Å². The third kappa shape index (κ3) is 2.37. The molecule has 0 unspecified atom stereocenters. The Bertz CT molecular complexity index is 675. The molecule has 0 aliphatic rings. The van der Waals surface area contributed by atoms with Crippen LogP contribution in [0.2, 0.25) is 0 Å². The van der Waals surface area contributed by atoms with Crippen LogP contribution in [0.25, 0.3) is 11.0 Å². The van der Waals surface area contributed by atoms with E-state index in [1.54, 1.807) is 17.5 Å². The summed E-state index contributed by atoms with van der Waals surface area (Å²) in [7, 11) is 2.00. The Balaban J connectivity index is 1.84. The quantitative estimate of drug-likeness (QED) is 0.756. The Hall–Kier alpha value is -2.15. The van der Waals surface area contributed by atoms with Crippen molar-refractivity contribution in [3.8, 4) is 0 Å². The highest BCUT2D eigenvalue weighted by atomic mass is 32.1. The average molecular weight is 274 g/mol. The Morgan fingerprint density at radius 1 is 1.42 bits per heavy atom. The summed E-state index contributed by atoms with van der Waals surface area (Å²) in [6, 6.07) is 4.21.